The van der Waals surface area contributed by atoms with Gasteiger partial charge in [-0.2, -0.15) is 0 Å². The predicted molar refractivity (Wildman–Crippen MR) is 178 cm³/mol. The van der Waals surface area contributed by atoms with Crippen LogP contribution in [-0.2, 0) is 5.41 Å². The van der Waals surface area contributed by atoms with Crippen molar-refractivity contribution in [1.29, 1.82) is 0 Å². The van der Waals surface area contributed by atoms with Gasteiger partial charge in [-0.3, -0.25) is 14.9 Å². The number of non-ortho nitro benzene ring substituents is 1. The number of anilines is 1. The van der Waals surface area contributed by atoms with Crippen molar-refractivity contribution in [2.24, 2.45) is 5.92 Å². The number of carbonyl (C=O) groups is 1. The minimum absolute atomic E-state index is 0.00982. The number of Topliss-reactive ketones (excluding diaryl/α,β-unsaturated/α-hetero) is 1. The number of hydrogen-bond donors (Lipinski definition) is 0. The molecule has 0 unspecified atom stereocenters. The molecule has 2 atom stereocenters. The molecule has 0 saturated carbocycles. The molecule has 7 rings (SSSR count). The number of fused-ring (bicyclic) bond motifs is 3. The van der Waals surface area contributed by atoms with Gasteiger partial charge in [0.15, 0.2) is 5.78 Å². The van der Waals surface area contributed by atoms with E-state index in [1.54, 1.807) is 12.1 Å². The summed E-state index contributed by atoms with van der Waals surface area (Å²) in [6.45, 7) is 4.49. The van der Waals surface area contributed by atoms with Crippen molar-refractivity contribution in [3.63, 3.8) is 0 Å². The van der Waals surface area contributed by atoms with E-state index in [-0.39, 0.29) is 11.5 Å². The van der Waals surface area contributed by atoms with Crippen LogP contribution in [0.1, 0.15) is 40.9 Å². The lowest BCUT2D eigenvalue weighted by molar-refractivity contribution is -0.384. The molecule has 44 heavy (non-hydrogen) atoms. The maximum absolute atomic E-state index is 15.0. The van der Waals surface area contributed by atoms with Crippen LogP contribution in [0, 0.1) is 16.0 Å². The van der Waals surface area contributed by atoms with Crippen molar-refractivity contribution in [1.82, 2.24) is 0 Å². The van der Waals surface area contributed by atoms with Crippen LogP contribution in [0.3, 0.4) is 0 Å². The minimum Gasteiger partial charge on any atom is -0.363 e. The molecule has 0 aromatic heterocycles. The van der Waals surface area contributed by atoms with Crippen LogP contribution in [0.15, 0.2) is 133 Å². The van der Waals surface area contributed by atoms with Gasteiger partial charge in [0.2, 0.25) is 0 Å². The molecule has 0 fully saturated rings. The van der Waals surface area contributed by atoms with Gasteiger partial charge in [0, 0.05) is 41.2 Å². The Morgan fingerprint density at radius 2 is 1.41 bits per heavy atom. The van der Waals surface area contributed by atoms with Crippen LogP contribution in [0.4, 0.5) is 11.4 Å². The van der Waals surface area contributed by atoms with Crippen molar-refractivity contribution < 1.29 is 9.72 Å². The molecular weight excluding hydrogens is 544 g/mol. The summed E-state index contributed by atoms with van der Waals surface area (Å²) in [7, 11) is 2.11. The Bertz CT molecular complexity index is 1990. The largest absolute Gasteiger partial charge is 0.363 e. The summed E-state index contributed by atoms with van der Waals surface area (Å²) in [5.74, 6) is -0.611. The normalized spacial score (nSPS) is 20.2. The molecule has 1 aliphatic carbocycles. The van der Waals surface area contributed by atoms with Crippen LogP contribution >= 0.6 is 0 Å². The summed E-state index contributed by atoms with van der Waals surface area (Å²) in [5, 5.41) is 13.9. The number of benzene rings is 5. The molecule has 5 nitrogen and oxygen atoms in total. The molecular formula is C39H32N2O3. The monoisotopic (exact) mass is 576 g/mol. The van der Waals surface area contributed by atoms with Crippen LogP contribution in [-0.4, -0.2) is 23.3 Å². The van der Waals surface area contributed by atoms with Gasteiger partial charge in [0.1, 0.15) is 0 Å². The highest BCUT2D eigenvalue weighted by Crippen LogP contribution is 2.61. The lowest BCUT2D eigenvalue weighted by atomic mass is 9.57. The molecule has 5 aromatic carbocycles. The van der Waals surface area contributed by atoms with Crippen molar-refractivity contribution in [2.75, 3.05) is 11.9 Å². The van der Waals surface area contributed by atoms with Gasteiger partial charge >= 0.3 is 0 Å². The standard InChI is InChI=1S/C39H32N2O3/c1-38(2)34-23-20-27-14-10-11-17-32(27)36(34)40(3)39(38)25-30(26-12-6-4-7-13-26)24-33(28-18-21-31(22-19-28)41(43)44)35(39)37(42)29-15-8-5-9-16-29/h4-25,35H,1-3H3/t35-,39-/m0/s1. The minimum atomic E-state index is -0.816. The number of rotatable bonds is 5. The first kappa shape index (κ1) is 27.5. The summed E-state index contributed by atoms with van der Waals surface area (Å²) in [6, 6.07) is 39.1. The highest BCUT2D eigenvalue weighted by molar-refractivity contribution is 6.11. The third-order valence-electron chi connectivity index (χ3n) is 9.74. The van der Waals surface area contributed by atoms with Gasteiger partial charge in [0.25, 0.3) is 5.69 Å². The Balaban J connectivity index is 1.56. The third-order valence-corrected chi connectivity index (χ3v) is 9.74. The zero-order valence-corrected chi connectivity index (χ0v) is 24.9. The molecule has 0 amide bonds. The van der Waals surface area contributed by atoms with Gasteiger partial charge < -0.3 is 4.90 Å². The highest BCUT2D eigenvalue weighted by atomic mass is 16.6. The Hall–Kier alpha value is -5.29. The van der Waals surface area contributed by atoms with Gasteiger partial charge in [-0.25, -0.2) is 0 Å². The van der Waals surface area contributed by atoms with E-state index in [1.165, 1.54) is 17.7 Å². The zero-order valence-electron chi connectivity index (χ0n) is 24.9. The number of nitrogens with zero attached hydrogens (tertiary/aromatic N) is 2. The Labute approximate surface area is 256 Å². The highest BCUT2D eigenvalue weighted by Gasteiger charge is 2.62. The summed E-state index contributed by atoms with van der Waals surface area (Å²) < 4.78 is 0. The number of carbonyl (C=O) groups excluding carboxylic acids is 1. The third kappa shape index (κ3) is 3.96. The van der Waals surface area contributed by atoms with Gasteiger partial charge in [-0.15, -0.1) is 0 Å². The lowest BCUT2D eigenvalue weighted by Crippen LogP contribution is -2.61. The summed E-state index contributed by atoms with van der Waals surface area (Å²) in [5.41, 5.74) is 5.29. The SMILES string of the molecule is CN1c2c(ccc3ccccc23)C(C)(C)[C@@]12C=C(c1ccccc1)C=C(c1ccc([N+](=O)[O-])cc1)[C@H]2C(=O)c1ccccc1. The first-order valence-corrected chi connectivity index (χ1v) is 14.8. The number of nitro benzene ring substituents is 1. The average Bonchev–Trinajstić information content (AvgIpc) is 3.23. The van der Waals surface area contributed by atoms with E-state index in [1.807, 2.05) is 48.5 Å². The number of allylic oxidation sites excluding steroid dienone is 2. The summed E-state index contributed by atoms with van der Waals surface area (Å²) in [6.07, 6.45) is 4.41. The molecule has 0 saturated heterocycles. The van der Waals surface area contributed by atoms with E-state index in [0.29, 0.717) is 5.56 Å². The molecule has 1 aliphatic heterocycles. The van der Waals surface area contributed by atoms with Crippen molar-refractivity contribution in [2.45, 2.75) is 24.8 Å². The van der Waals surface area contributed by atoms with Crippen molar-refractivity contribution in [3.8, 4) is 0 Å². The first-order valence-electron chi connectivity index (χ1n) is 14.8. The smallest absolute Gasteiger partial charge is 0.269 e. The average molecular weight is 577 g/mol. The number of nitro groups is 1. The molecule has 0 bridgehead atoms. The molecule has 216 valence electrons. The van der Waals surface area contributed by atoms with E-state index in [2.05, 4.69) is 86.5 Å². The maximum atomic E-state index is 15.0. The summed E-state index contributed by atoms with van der Waals surface area (Å²) in [4.78, 5) is 28.5. The molecule has 1 heterocycles. The van der Waals surface area contributed by atoms with Gasteiger partial charge in [0.05, 0.1) is 16.4 Å². The van der Waals surface area contributed by atoms with E-state index in [0.717, 1.165) is 38.7 Å². The Morgan fingerprint density at radius 1 is 0.773 bits per heavy atom. The van der Waals surface area contributed by atoms with Crippen LogP contribution in [0.25, 0.3) is 21.9 Å². The quantitative estimate of drug-likeness (QED) is 0.119. The van der Waals surface area contributed by atoms with Gasteiger partial charge in [-0.05, 0) is 57.5 Å². The van der Waals surface area contributed by atoms with Crippen LogP contribution in [0.5, 0.6) is 0 Å². The fraction of sp³-hybridized carbons (Fsp3) is 0.154. The Kier molecular flexibility index (Phi) is 6.36. The number of hydrogen-bond acceptors (Lipinski definition) is 4. The van der Waals surface area contributed by atoms with Crippen molar-refractivity contribution >= 4 is 39.1 Å². The second kappa shape index (κ2) is 10.2. The number of likely N-dealkylation sites (N-methyl/N-ethyl adjacent to an activating group) is 1. The summed E-state index contributed by atoms with van der Waals surface area (Å²) >= 11 is 0. The fourth-order valence-electron chi connectivity index (χ4n) is 7.56. The van der Waals surface area contributed by atoms with Gasteiger partial charge in [-0.1, -0.05) is 111 Å². The van der Waals surface area contributed by atoms with Crippen LogP contribution in [0.2, 0.25) is 0 Å². The second-order valence-corrected chi connectivity index (χ2v) is 12.2. The molecule has 5 aromatic rings. The van der Waals surface area contributed by atoms with Crippen molar-refractivity contribution in [3.05, 3.63) is 166 Å². The topological polar surface area (TPSA) is 63.4 Å². The molecule has 0 N–H and O–H groups in total. The van der Waals surface area contributed by atoms with E-state index in [9.17, 15) is 10.1 Å². The fourth-order valence-corrected chi connectivity index (χ4v) is 7.56. The molecule has 5 heteroatoms. The molecule has 2 aliphatic rings. The second-order valence-electron chi connectivity index (χ2n) is 12.2. The Morgan fingerprint density at radius 3 is 2.09 bits per heavy atom. The van der Waals surface area contributed by atoms with E-state index < -0.39 is 21.8 Å². The number of ketones is 1. The zero-order chi connectivity index (χ0) is 30.6. The maximum Gasteiger partial charge on any atom is 0.269 e. The lowest BCUT2D eigenvalue weighted by Gasteiger charge is -2.52. The molecule has 0 radical (unpaired) electrons. The van der Waals surface area contributed by atoms with E-state index >= 15 is 4.79 Å². The van der Waals surface area contributed by atoms with Crippen LogP contribution < -0.4 is 4.90 Å². The molecule has 1 spiro atoms. The van der Waals surface area contributed by atoms with E-state index in [4.69, 9.17) is 0 Å². The first-order chi connectivity index (χ1) is 21.2. The predicted octanol–water partition coefficient (Wildman–Crippen LogP) is 8.89.